The highest BCUT2D eigenvalue weighted by Gasteiger charge is 2.25. The fourth-order valence-corrected chi connectivity index (χ4v) is 4.18. The van der Waals surface area contributed by atoms with Gasteiger partial charge in [-0.15, -0.1) is 0 Å². The van der Waals surface area contributed by atoms with Crippen LogP contribution in [0.2, 0.25) is 0 Å². The number of carbonyl (C=O) groups excluding carboxylic acids is 1. The number of halogens is 1. The Morgan fingerprint density at radius 3 is 2.38 bits per heavy atom. The van der Waals surface area contributed by atoms with Crippen LogP contribution in [0.3, 0.4) is 0 Å². The van der Waals surface area contributed by atoms with Crippen LogP contribution < -0.4 is 5.48 Å². The summed E-state index contributed by atoms with van der Waals surface area (Å²) in [5.74, 6) is -1.32. The highest BCUT2D eigenvalue weighted by molar-refractivity contribution is 7.89. The minimum atomic E-state index is -4.00. The minimum Gasteiger partial charge on any atom is -0.288 e. The van der Waals surface area contributed by atoms with Gasteiger partial charge in [0.2, 0.25) is 10.0 Å². The molecule has 0 aliphatic carbocycles. The molecule has 150 valence electrons. The third kappa shape index (κ3) is 5.02. The number of sulfonamides is 1. The van der Waals surface area contributed by atoms with Gasteiger partial charge in [0.15, 0.2) is 0 Å². The minimum absolute atomic E-state index is 0.00519. The zero-order valence-corrected chi connectivity index (χ0v) is 16.0. The third-order valence-electron chi connectivity index (χ3n) is 4.19. The first-order valence-corrected chi connectivity index (χ1v) is 10.0. The molecule has 1 aromatic heterocycles. The Bertz CT molecular complexity index is 1090. The number of hydrogen-bond acceptors (Lipinski definition) is 5. The van der Waals surface area contributed by atoms with Gasteiger partial charge in [-0.3, -0.25) is 15.0 Å². The summed E-state index contributed by atoms with van der Waals surface area (Å²) in [5.41, 5.74) is 3.05. The second-order valence-electron chi connectivity index (χ2n) is 6.23. The molecular weight excluding hydrogens is 397 g/mol. The molecule has 0 aliphatic heterocycles. The summed E-state index contributed by atoms with van der Waals surface area (Å²) in [4.78, 5) is 15.3. The molecule has 29 heavy (non-hydrogen) atoms. The van der Waals surface area contributed by atoms with Crippen molar-refractivity contribution in [2.75, 3.05) is 0 Å². The van der Waals surface area contributed by atoms with Gasteiger partial charge >= 0.3 is 0 Å². The molecule has 1 heterocycles. The molecule has 7 nitrogen and oxygen atoms in total. The molecule has 0 saturated carbocycles. The predicted octanol–water partition coefficient (Wildman–Crippen LogP) is 2.73. The van der Waals surface area contributed by atoms with E-state index >= 15 is 0 Å². The van der Waals surface area contributed by atoms with E-state index in [9.17, 15) is 17.6 Å². The molecule has 3 aromatic rings. The smallest absolute Gasteiger partial charge is 0.274 e. The molecule has 1 amide bonds. The number of pyridine rings is 1. The highest BCUT2D eigenvalue weighted by Crippen LogP contribution is 2.22. The number of nitrogens with one attached hydrogen (secondary N) is 1. The number of nitrogens with zero attached hydrogens (tertiary/aromatic N) is 2. The summed E-state index contributed by atoms with van der Waals surface area (Å²) in [6.45, 7) is 0.0281. The Hall–Kier alpha value is -3.14. The topological polar surface area (TPSA) is 99.6 Å². The summed E-state index contributed by atoms with van der Waals surface area (Å²) < 4.78 is 41.1. The van der Waals surface area contributed by atoms with Gasteiger partial charge in [0, 0.05) is 31.0 Å². The second-order valence-corrected chi connectivity index (χ2v) is 8.17. The number of hydrogen-bond donors (Lipinski definition) is 2. The van der Waals surface area contributed by atoms with E-state index in [-0.39, 0.29) is 23.5 Å². The molecule has 0 bridgehead atoms. The third-order valence-corrected chi connectivity index (χ3v) is 5.98. The van der Waals surface area contributed by atoms with Crippen LogP contribution in [0.15, 0.2) is 78.0 Å². The average Bonchev–Trinajstić information content (AvgIpc) is 2.74. The fourth-order valence-electron chi connectivity index (χ4n) is 2.73. The van der Waals surface area contributed by atoms with Crippen molar-refractivity contribution >= 4 is 15.9 Å². The van der Waals surface area contributed by atoms with Crippen LogP contribution in [0.4, 0.5) is 4.39 Å². The standard InChI is InChI=1S/C20H18FN3O4S/c21-18-4-1-5-19(11-18)29(27,28)24(14-16-3-2-10-22-12-16)13-15-6-8-17(9-7-15)20(25)23-26/h1-12,26H,13-14H2,(H,23,25). The largest absolute Gasteiger partial charge is 0.288 e. The normalized spacial score (nSPS) is 11.4. The van der Waals surface area contributed by atoms with Gasteiger partial charge in [0.25, 0.3) is 5.91 Å². The molecule has 2 N–H and O–H groups in total. The Morgan fingerprint density at radius 1 is 1.03 bits per heavy atom. The molecule has 0 radical (unpaired) electrons. The quantitative estimate of drug-likeness (QED) is 0.457. The summed E-state index contributed by atoms with van der Waals surface area (Å²) in [6.07, 6.45) is 3.14. The maximum absolute atomic E-state index is 13.6. The van der Waals surface area contributed by atoms with Gasteiger partial charge in [0.05, 0.1) is 4.90 Å². The van der Waals surface area contributed by atoms with Crippen molar-refractivity contribution in [2.45, 2.75) is 18.0 Å². The molecule has 0 fully saturated rings. The molecule has 9 heteroatoms. The maximum Gasteiger partial charge on any atom is 0.274 e. The Kier molecular flexibility index (Phi) is 6.32. The SMILES string of the molecule is O=C(NO)c1ccc(CN(Cc2cccnc2)S(=O)(=O)c2cccc(F)c2)cc1. The molecule has 3 rings (SSSR count). The van der Waals surface area contributed by atoms with E-state index in [1.54, 1.807) is 36.7 Å². The molecule has 0 aliphatic rings. The fraction of sp³-hybridized carbons (Fsp3) is 0.100. The summed E-state index contributed by atoms with van der Waals surface area (Å²) in [6, 6.07) is 14.4. The molecule has 0 atom stereocenters. The number of benzene rings is 2. The van der Waals surface area contributed by atoms with Crippen molar-refractivity contribution in [3.63, 3.8) is 0 Å². The first-order valence-electron chi connectivity index (χ1n) is 8.58. The van der Waals surface area contributed by atoms with Crippen LogP contribution in [0.5, 0.6) is 0 Å². The van der Waals surface area contributed by atoms with Crippen molar-refractivity contribution in [3.05, 3.63) is 95.6 Å². The van der Waals surface area contributed by atoms with Crippen LogP contribution in [0.1, 0.15) is 21.5 Å². The monoisotopic (exact) mass is 415 g/mol. The summed E-state index contributed by atoms with van der Waals surface area (Å²) >= 11 is 0. The number of amides is 1. The first-order chi connectivity index (χ1) is 13.9. The molecule has 0 unspecified atom stereocenters. The van der Waals surface area contributed by atoms with E-state index in [0.717, 1.165) is 6.07 Å². The lowest BCUT2D eigenvalue weighted by molar-refractivity contribution is 0.0706. The second kappa shape index (κ2) is 8.91. The van der Waals surface area contributed by atoms with Gasteiger partial charge in [-0.05, 0) is 47.5 Å². The Labute approximate surface area is 167 Å². The molecular formula is C20H18FN3O4S. The Balaban J connectivity index is 1.94. The van der Waals surface area contributed by atoms with E-state index in [2.05, 4.69) is 4.98 Å². The van der Waals surface area contributed by atoms with Crippen LogP contribution >= 0.6 is 0 Å². The number of rotatable bonds is 7. The molecule has 0 saturated heterocycles. The van der Waals surface area contributed by atoms with Crippen molar-refractivity contribution in [2.24, 2.45) is 0 Å². The zero-order chi connectivity index (χ0) is 20.9. The van der Waals surface area contributed by atoms with Crippen LogP contribution in [-0.4, -0.2) is 28.8 Å². The van der Waals surface area contributed by atoms with Crippen molar-refractivity contribution < 1.29 is 22.8 Å². The van der Waals surface area contributed by atoms with E-state index in [1.807, 2.05) is 0 Å². The first kappa shape index (κ1) is 20.6. The number of aromatic nitrogens is 1. The summed E-state index contributed by atoms with van der Waals surface area (Å²) in [7, 11) is -4.00. The van der Waals surface area contributed by atoms with Gasteiger partial charge in [-0.25, -0.2) is 18.3 Å². The van der Waals surface area contributed by atoms with Crippen LogP contribution in [0, 0.1) is 5.82 Å². The van der Waals surface area contributed by atoms with Gasteiger partial charge < -0.3 is 0 Å². The summed E-state index contributed by atoms with van der Waals surface area (Å²) in [5, 5.41) is 8.70. The number of hydroxylamine groups is 1. The van der Waals surface area contributed by atoms with Crippen molar-refractivity contribution in [1.29, 1.82) is 0 Å². The van der Waals surface area contributed by atoms with Gasteiger partial charge in [0.1, 0.15) is 5.82 Å². The highest BCUT2D eigenvalue weighted by atomic mass is 32.2. The van der Waals surface area contributed by atoms with E-state index < -0.39 is 21.7 Å². The lowest BCUT2D eigenvalue weighted by Gasteiger charge is -2.22. The number of carbonyl (C=O) groups is 1. The van der Waals surface area contributed by atoms with Crippen molar-refractivity contribution in [3.8, 4) is 0 Å². The van der Waals surface area contributed by atoms with E-state index in [4.69, 9.17) is 5.21 Å². The Morgan fingerprint density at radius 2 is 1.76 bits per heavy atom. The van der Waals surface area contributed by atoms with Crippen LogP contribution in [-0.2, 0) is 23.1 Å². The average molecular weight is 415 g/mol. The van der Waals surface area contributed by atoms with Gasteiger partial charge in [-0.1, -0.05) is 24.3 Å². The van der Waals surface area contributed by atoms with Crippen molar-refractivity contribution in [1.82, 2.24) is 14.8 Å². The maximum atomic E-state index is 13.6. The lowest BCUT2D eigenvalue weighted by atomic mass is 10.1. The predicted molar refractivity (Wildman–Crippen MR) is 103 cm³/mol. The zero-order valence-electron chi connectivity index (χ0n) is 15.2. The molecule has 0 spiro atoms. The van der Waals surface area contributed by atoms with E-state index in [1.165, 1.54) is 40.1 Å². The van der Waals surface area contributed by atoms with Crippen LogP contribution in [0.25, 0.3) is 0 Å². The molecule has 2 aromatic carbocycles. The van der Waals surface area contributed by atoms with E-state index in [0.29, 0.717) is 11.1 Å². The van der Waals surface area contributed by atoms with Gasteiger partial charge in [-0.2, -0.15) is 4.31 Å². The lowest BCUT2D eigenvalue weighted by Crippen LogP contribution is -2.30.